The number of aromatic amines is 1. The zero-order valence-corrected chi connectivity index (χ0v) is 14.1. The minimum atomic E-state index is -1.26. The molecule has 0 radical (unpaired) electrons. The SMILES string of the molecule is CC1(C)C2c3ccccc3CC21c1cnc[nH]1.O=C(O)/C=C/C(=O)O. The molecule has 25 heavy (non-hydrogen) atoms. The van der Waals surface area contributed by atoms with Gasteiger partial charge in [-0.3, -0.25) is 0 Å². The number of aliphatic carboxylic acids is 2. The number of hydrogen-bond acceptors (Lipinski definition) is 3. The van der Waals surface area contributed by atoms with Gasteiger partial charge in [-0.1, -0.05) is 38.1 Å². The molecule has 0 saturated heterocycles. The van der Waals surface area contributed by atoms with E-state index in [1.165, 1.54) is 11.3 Å². The van der Waals surface area contributed by atoms with E-state index in [0.717, 1.165) is 6.42 Å². The molecule has 0 aliphatic heterocycles. The van der Waals surface area contributed by atoms with Crippen molar-refractivity contribution in [3.8, 4) is 0 Å². The van der Waals surface area contributed by atoms with Gasteiger partial charge in [0, 0.05) is 35.4 Å². The second kappa shape index (κ2) is 5.88. The highest BCUT2D eigenvalue weighted by molar-refractivity contribution is 5.89. The number of carbonyl (C=O) groups is 2. The maximum Gasteiger partial charge on any atom is 0.328 e. The number of hydrogen-bond donors (Lipinski definition) is 3. The van der Waals surface area contributed by atoms with Crippen molar-refractivity contribution >= 4 is 11.9 Å². The lowest BCUT2D eigenvalue weighted by Gasteiger charge is -2.18. The van der Waals surface area contributed by atoms with Crippen molar-refractivity contribution in [1.82, 2.24) is 9.97 Å². The fourth-order valence-corrected chi connectivity index (χ4v) is 4.35. The molecule has 1 saturated carbocycles. The van der Waals surface area contributed by atoms with Gasteiger partial charge in [-0.2, -0.15) is 0 Å². The van der Waals surface area contributed by atoms with Crippen LogP contribution in [0.5, 0.6) is 0 Å². The van der Waals surface area contributed by atoms with Gasteiger partial charge < -0.3 is 15.2 Å². The third kappa shape index (κ3) is 2.63. The van der Waals surface area contributed by atoms with Gasteiger partial charge in [0.2, 0.25) is 0 Å². The molecule has 2 aromatic rings. The van der Waals surface area contributed by atoms with E-state index in [1.54, 1.807) is 11.9 Å². The van der Waals surface area contributed by atoms with Crippen LogP contribution in [0, 0.1) is 5.41 Å². The Bertz CT molecular complexity index is 823. The lowest BCUT2D eigenvalue weighted by molar-refractivity contribution is -0.134. The summed E-state index contributed by atoms with van der Waals surface area (Å²) in [5.74, 6) is -1.86. The number of carboxylic acids is 2. The van der Waals surface area contributed by atoms with E-state index in [4.69, 9.17) is 10.2 Å². The van der Waals surface area contributed by atoms with Crippen molar-refractivity contribution in [3.63, 3.8) is 0 Å². The second-order valence-corrected chi connectivity index (χ2v) is 6.98. The molecule has 2 unspecified atom stereocenters. The molecule has 4 rings (SSSR count). The Balaban J connectivity index is 0.000000197. The zero-order chi connectivity index (χ0) is 18.2. The second-order valence-electron chi connectivity index (χ2n) is 6.98. The predicted molar refractivity (Wildman–Crippen MR) is 91.3 cm³/mol. The van der Waals surface area contributed by atoms with Crippen LogP contribution in [0.15, 0.2) is 48.9 Å². The number of nitrogens with zero attached hydrogens (tertiary/aromatic N) is 1. The normalized spacial score (nSPS) is 24.8. The van der Waals surface area contributed by atoms with Crippen LogP contribution in [-0.2, 0) is 21.4 Å². The largest absolute Gasteiger partial charge is 0.478 e. The highest BCUT2D eigenvalue weighted by Gasteiger charge is 2.75. The van der Waals surface area contributed by atoms with Gasteiger partial charge in [-0.15, -0.1) is 0 Å². The molecule has 1 aromatic heterocycles. The van der Waals surface area contributed by atoms with Crippen molar-refractivity contribution in [3.05, 3.63) is 65.8 Å². The van der Waals surface area contributed by atoms with Gasteiger partial charge in [0.05, 0.1) is 6.33 Å². The smallest absolute Gasteiger partial charge is 0.328 e. The van der Waals surface area contributed by atoms with Crippen LogP contribution in [0.25, 0.3) is 0 Å². The molecule has 0 spiro atoms. The minimum Gasteiger partial charge on any atom is -0.478 e. The molecule has 1 heterocycles. The number of rotatable bonds is 3. The lowest BCUT2D eigenvalue weighted by atomic mass is 9.87. The van der Waals surface area contributed by atoms with Crippen molar-refractivity contribution in [2.75, 3.05) is 0 Å². The molecular formula is C19H20N2O4. The Morgan fingerprint density at radius 3 is 2.40 bits per heavy atom. The number of H-pyrrole nitrogens is 1. The molecule has 2 aliphatic carbocycles. The summed E-state index contributed by atoms with van der Waals surface area (Å²) in [5, 5.41) is 15.6. The first-order chi connectivity index (χ1) is 11.8. The van der Waals surface area contributed by atoms with Gasteiger partial charge in [0.25, 0.3) is 0 Å². The highest BCUT2D eigenvalue weighted by Crippen LogP contribution is 2.78. The van der Waals surface area contributed by atoms with Crippen molar-refractivity contribution in [2.45, 2.75) is 31.6 Å². The zero-order valence-electron chi connectivity index (χ0n) is 14.1. The van der Waals surface area contributed by atoms with Gasteiger partial charge in [-0.05, 0) is 23.0 Å². The van der Waals surface area contributed by atoms with E-state index >= 15 is 0 Å². The summed E-state index contributed by atoms with van der Waals surface area (Å²) >= 11 is 0. The molecule has 130 valence electrons. The van der Waals surface area contributed by atoms with E-state index in [9.17, 15) is 9.59 Å². The first kappa shape index (κ1) is 17.0. The number of aromatic nitrogens is 2. The van der Waals surface area contributed by atoms with Crippen LogP contribution >= 0.6 is 0 Å². The molecular weight excluding hydrogens is 320 g/mol. The highest BCUT2D eigenvalue weighted by atomic mass is 16.4. The molecule has 6 heteroatoms. The number of nitrogens with one attached hydrogen (secondary N) is 1. The number of imidazole rings is 1. The summed E-state index contributed by atoms with van der Waals surface area (Å²) in [6.07, 6.45) is 6.08. The predicted octanol–water partition coefficient (Wildman–Crippen LogP) is 2.74. The fraction of sp³-hybridized carbons (Fsp3) is 0.316. The summed E-state index contributed by atoms with van der Waals surface area (Å²) in [4.78, 5) is 26.7. The van der Waals surface area contributed by atoms with Gasteiger partial charge in [0.1, 0.15) is 0 Å². The van der Waals surface area contributed by atoms with E-state index in [1.807, 2.05) is 6.20 Å². The molecule has 1 fully saturated rings. The van der Waals surface area contributed by atoms with Crippen LogP contribution in [0.2, 0.25) is 0 Å². The molecule has 6 nitrogen and oxygen atoms in total. The quantitative estimate of drug-likeness (QED) is 0.746. The first-order valence-electron chi connectivity index (χ1n) is 8.01. The Kier molecular flexibility index (Phi) is 3.99. The van der Waals surface area contributed by atoms with Gasteiger partial charge in [-0.25, -0.2) is 14.6 Å². The summed E-state index contributed by atoms with van der Waals surface area (Å²) in [7, 11) is 0. The van der Waals surface area contributed by atoms with Crippen molar-refractivity contribution < 1.29 is 19.8 Å². The lowest BCUT2D eigenvalue weighted by Crippen LogP contribution is -2.17. The number of fused-ring (bicyclic) bond motifs is 3. The third-order valence-corrected chi connectivity index (χ3v) is 5.46. The molecule has 3 N–H and O–H groups in total. The van der Waals surface area contributed by atoms with Crippen LogP contribution < -0.4 is 0 Å². The van der Waals surface area contributed by atoms with Crippen molar-refractivity contribution in [1.29, 1.82) is 0 Å². The van der Waals surface area contributed by atoms with Crippen molar-refractivity contribution in [2.24, 2.45) is 5.41 Å². The van der Waals surface area contributed by atoms with Crippen LogP contribution in [0.3, 0.4) is 0 Å². The number of benzene rings is 1. The maximum atomic E-state index is 9.55. The molecule has 2 atom stereocenters. The minimum absolute atomic E-state index is 0.271. The van der Waals surface area contributed by atoms with Crippen LogP contribution in [0.1, 0.15) is 36.6 Å². The Morgan fingerprint density at radius 1 is 1.20 bits per heavy atom. The summed E-state index contributed by atoms with van der Waals surface area (Å²) < 4.78 is 0. The summed E-state index contributed by atoms with van der Waals surface area (Å²) in [5.41, 5.74) is 5.00. The van der Waals surface area contributed by atoms with E-state index in [-0.39, 0.29) is 5.41 Å². The third-order valence-electron chi connectivity index (χ3n) is 5.46. The Hall–Kier alpha value is -2.89. The van der Waals surface area contributed by atoms with Gasteiger partial charge >= 0.3 is 11.9 Å². The van der Waals surface area contributed by atoms with E-state index in [0.29, 0.717) is 23.5 Å². The van der Waals surface area contributed by atoms with E-state index < -0.39 is 11.9 Å². The van der Waals surface area contributed by atoms with Crippen LogP contribution in [0.4, 0.5) is 0 Å². The summed E-state index contributed by atoms with van der Waals surface area (Å²) in [6.45, 7) is 4.77. The molecule has 0 amide bonds. The first-order valence-corrected chi connectivity index (χ1v) is 8.01. The van der Waals surface area contributed by atoms with E-state index in [2.05, 4.69) is 48.1 Å². The fourth-order valence-electron chi connectivity index (χ4n) is 4.35. The average molecular weight is 340 g/mol. The van der Waals surface area contributed by atoms with Gasteiger partial charge in [0.15, 0.2) is 0 Å². The summed E-state index contributed by atoms with van der Waals surface area (Å²) in [6, 6.07) is 8.89. The standard InChI is InChI=1S/C15H16N2.C4H4O4/c1-14(2)13-11-6-4-3-5-10(11)7-15(13,14)12-8-16-9-17-12;5-3(6)1-2-4(7)8/h3-6,8-9,13H,7H2,1-2H3,(H,16,17);1-2H,(H,5,6)(H,7,8)/b;2-1+. The monoisotopic (exact) mass is 340 g/mol. The Morgan fingerprint density at radius 2 is 1.84 bits per heavy atom. The average Bonchev–Trinajstić information content (AvgIpc) is 3.03. The molecule has 1 aromatic carbocycles. The maximum absolute atomic E-state index is 9.55. The molecule has 2 aliphatic rings. The Labute approximate surface area is 145 Å². The topological polar surface area (TPSA) is 103 Å². The number of carboxylic acid groups (broad SMARTS) is 2. The molecule has 0 bridgehead atoms. The van der Waals surface area contributed by atoms with Crippen LogP contribution in [-0.4, -0.2) is 32.1 Å².